The van der Waals surface area contributed by atoms with Crippen molar-refractivity contribution in [1.29, 1.82) is 5.26 Å². The predicted molar refractivity (Wildman–Crippen MR) is 78.6 cm³/mol. The molecule has 0 amide bonds. The lowest BCUT2D eigenvalue weighted by atomic mass is 10.2. The molecule has 5 heteroatoms. The molecule has 4 nitrogen and oxygen atoms in total. The molecule has 1 N–H and O–H groups in total. The SMILES string of the molecule is CCOc1ccc(CNc2ccc(C)c(C#N)n2)cc1F. The molecule has 21 heavy (non-hydrogen) atoms. The minimum atomic E-state index is -0.384. The van der Waals surface area contributed by atoms with Crippen LogP contribution in [0.25, 0.3) is 0 Å². The Balaban J connectivity index is 2.06. The highest BCUT2D eigenvalue weighted by molar-refractivity contribution is 5.43. The number of hydrogen-bond donors (Lipinski definition) is 1. The number of benzene rings is 1. The van der Waals surface area contributed by atoms with Crippen LogP contribution in [0.5, 0.6) is 5.75 Å². The smallest absolute Gasteiger partial charge is 0.165 e. The van der Waals surface area contributed by atoms with E-state index in [1.807, 2.05) is 26.0 Å². The maximum absolute atomic E-state index is 13.7. The molecule has 0 fully saturated rings. The number of ether oxygens (including phenoxy) is 1. The van der Waals surface area contributed by atoms with Crippen LogP contribution in [0.15, 0.2) is 30.3 Å². The monoisotopic (exact) mass is 285 g/mol. The fraction of sp³-hybridized carbons (Fsp3) is 0.250. The Bertz CT molecular complexity index is 680. The van der Waals surface area contributed by atoms with Gasteiger partial charge in [-0.25, -0.2) is 9.37 Å². The molecule has 1 heterocycles. The van der Waals surface area contributed by atoms with E-state index < -0.39 is 0 Å². The van der Waals surface area contributed by atoms with Crippen LogP contribution < -0.4 is 10.1 Å². The van der Waals surface area contributed by atoms with Gasteiger partial charge in [0, 0.05) is 6.54 Å². The number of rotatable bonds is 5. The molecule has 0 atom stereocenters. The number of nitrogens with one attached hydrogen (secondary N) is 1. The van der Waals surface area contributed by atoms with Gasteiger partial charge in [-0.1, -0.05) is 12.1 Å². The normalized spacial score (nSPS) is 10.0. The summed E-state index contributed by atoms with van der Waals surface area (Å²) in [5.41, 5.74) is 1.99. The molecule has 0 radical (unpaired) electrons. The van der Waals surface area contributed by atoms with E-state index in [1.165, 1.54) is 6.07 Å². The Morgan fingerprint density at radius 3 is 2.81 bits per heavy atom. The summed E-state index contributed by atoms with van der Waals surface area (Å²) in [7, 11) is 0. The molecular weight excluding hydrogens is 269 g/mol. The van der Waals surface area contributed by atoms with Crippen molar-refractivity contribution in [3.05, 3.63) is 53.0 Å². The number of anilines is 1. The van der Waals surface area contributed by atoms with E-state index in [4.69, 9.17) is 10.00 Å². The van der Waals surface area contributed by atoms with Gasteiger partial charge in [-0.15, -0.1) is 0 Å². The van der Waals surface area contributed by atoms with Gasteiger partial charge in [-0.2, -0.15) is 5.26 Å². The maximum atomic E-state index is 13.7. The van der Waals surface area contributed by atoms with Crippen LogP contribution in [0.2, 0.25) is 0 Å². The Labute approximate surface area is 123 Å². The van der Waals surface area contributed by atoms with E-state index in [-0.39, 0.29) is 11.6 Å². The Hall–Kier alpha value is -2.61. The molecule has 2 aromatic rings. The highest BCUT2D eigenvalue weighted by Gasteiger charge is 2.05. The lowest BCUT2D eigenvalue weighted by Crippen LogP contribution is -2.04. The largest absolute Gasteiger partial charge is 0.491 e. The van der Waals surface area contributed by atoms with Gasteiger partial charge in [-0.05, 0) is 43.2 Å². The van der Waals surface area contributed by atoms with Crippen molar-refractivity contribution in [2.45, 2.75) is 20.4 Å². The number of hydrogen-bond acceptors (Lipinski definition) is 4. The second-order valence-electron chi connectivity index (χ2n) is 4.53. The van der Waals surface area contributed by atoms with E-state index in [0.29, 0.717) is 24.7 Å². The molecule has 108 valence electrons. The molecular formula is C16H16FN3O. The van der Waals surface area contributed by atoms with Crippen molar-refractivity contribution >= 4 is 5.82 Å². The summed E-state index contributed by atoms with van der Waals surface area (Å²) < 4.78 is 18.9. The number of nitrogens with zero attached hydrogens (tertiary/aromatic N) is 2. The fourth-order valence-electron chi connectivity index (χ4n) is 1.86. The molecule has 0 spiro atoms. The number of halogens is 1. The van der Waals surface area contributed by atoms with Crippen LogP contribution in [0.3, 0.4) is 0 Å². The second-order valence-corrected chi connectivity index (χ2v) is 4.53. The minimum Gasteiger partial charge on any atom is -0.491 e. The van der Waals surface area contributed by atoms with Gasteiger partial charge in [0.15, 0.2) is 11.6 Å². The number of nitriles is 1. The van der Waals surface area contributed by atoms with Crippen LogP contribution in [0.1, 0.15) is 23.7 Å². The summed E-state index contributed by atoms with van der Waals surface area (Å²) in [6, 6.07) is 10.5. The molecule has 0 bridgehead atoms. The minimum absolute atomic E-state index is 0.251. The van der Waals surface area contributed by atoms with Crippen LogP contribution >= 0.6 is 0 Å². The zero-order valence-electron chi connectivity index (χ0n) is 12.0. The van der Waals surface area contributed by atoms with Crippen LogP contribution in [-0.4, -0.2) is 11.6 Å². The zero-order chi connectivity index (χ0) is 15.2. The van der Waals surface area contributed by atoms with E-state index in [2.05, 4.69) is 10.3 Å². The third kappa shape index (κ3) is 3.69. The first kappa shape index (κ1) is 14.8. The quantitative estimate of drug-likeness (QED) is 0.914. The lowest BCUT2D eigenvalue weighted by molar-refractivity contribution is 0.321. The molecule has 0 saturated heterocycles. The first-order chi connectivity index (χ1) is 10.1. The van der Waals surface area contributed by atoms with Gasteiger partial charge in [0.1, 0.15) is 17.6 Å². The van der Waals surface area contributed by atoms with Gasteiger partial charge in [0.25, 0.3) is 0 Å². The lowest BCUT2D eigenvalue weighted by Gasteiger charge is -2.09. The maximum Gasteiger partial charge on any atom is 0.165 e. The average Bonchev–Trinajstić information content (AvgIpc) is 2.49. The van der Waals surface area contributed by atoms with E-state index >= 15 is 0 Å². The summed E-state index contributed by atoms with van der Waals surface area (Å²) in [5, 5.41) is 12.0. The molecule has 0 saturated carbocycles. The Morgan fingerprint density at radius 1 is 1.33 bits per heavy atom. The first-order valence-electron chi connectivity index (χ1n) is 6.67. The van der Waals surface area contributed by atoms with Gasteiger partial charge in [-0.3, -0.25) is 0 Å². The van der Waals surface area contributed by atoms with Crippen molar-refractivity contribution in [2.75, 3.05) is 11.9 Å². The summed E-state index contributed by atoms with van der Waals surface area (Å²) in [5.74, 6) is 0.457. The molecule has 1 aromatic heterocycles. The first-order valence-corrected chi connectivity index (χ1v) is 6.67. The summed E-state index contributed by atoms with van der Waals surface area (Å²) >= 11 is 0. The van der Waals surface area contributed by atoms with Crippen molar-refractivity contribution in [2.24, 2.45) is 0 Å². The number of aryl methyl sites for hydroxylation is 1. The van der Waals surface area contributed by atoms with Crippen LogP contribution in [0, 0.1) is 24.1 Å². The molecule has 2 rings (SSSR count). The van der Waals surface area contributed by atoms with Crippen molar-refractivity contribution in [1.82, 2.24) is 4.98 Å². The topological polar surface area (TPSA) is 57.9 Å². The molecule has 0 aliphatic carbocycles. The van der Waals surface area contributed by atoms with Gasteiger partial charge in [0.2, 0.25) is 0 Å². The summed E-state index contributed by atoms with van der Waals surface area (Å²) in [6.45, 7) is 4.49. The fourth-order valence-corrected chi connectivity index (χ4v) is 1.86. The van der Waals surface area contributed by atoms with Crippen LogP contribution in [0.4, 0.5) is 10.2 Å². The average molecular weight is 285 g/mol. The van der Waals surface area contributed by atoms with Crippen LogP contribution in [-0.2, 0) is 6.54 Å². The summed E-state index contributed by atoms with van der Waals surface area (Å²) in [6.07, 6.45) is 0. The van der Waals surface area contributed by atoms with E-state index in [1.54, 1.807) is 18.2 Å². The Morgan fingerprint density at radius 2 is 2.14 bits per heavy atom. The van der Waals surface area contributed by atoms with E-state index in [0.717, 1.165) is 11.1 Å². The zero-order valence-corrected chi connectivity index (χ0v) is 12.0. The number of pyridine rings is 1. The predicted octanol–water partition coefficient (Wildman–Crippen LogP) is 3.41. The highest BCUT2D eigenvalue weighted by Crippen LogP contribution is 2.19. The highest BCUT2D eigenvalue weighted by atomic mass is 19.1. The van der Waals surface area contributed by atoms with Crippen molar-refractivity contribution in [3.63, 3.8) is 0 Å². The molecule has 0 unspecified atom stereocenters. The second kappa shape index (κ2) is 6.71. The van der Waals surface area contributed by atoms with Gasteiger partial charge in [0.05, 0.1) is 6.61 Å². The number of aromatic nitrogens is 1. The Kier molecular flexibility index (Phi) is 4.72. The molecule has 0 aliphatic rings. The van der Waals surface area contributed by atoms with Gasteiger partial charge >= 0.3 is 0 Å². The molecule has 0 aliphatic heterocycles. The molecule has 1 aromatic carbocycles. The standard InChI is InChI=1S/C16H16FN3O/c1-3-21-15-6-5-12(8-13(15)17)10-19-16-7-4-11(2)14(9-18)20-16/h4-8H,3,10H2,1-2H3,(H,19,20). The third-order valence-electron chi connectivity index (χ3n) is 2.97. The van der Waals surface area contributed by atoms with Crippen molar-refractivity contribution < 1.29 is 9.13 Å². The van der Waals surface area contributed by atoms with Gasteiger partial charge < -0.3 is 10.1 Å². The van der Waals surface area contributed by atoms with E-state index in [9.17, 15) is 4.39 Å². The van der Waals surface area contributed by atoms with Crippen molar-refractivity contribution in [3.8, 4) is 11.8 Å². The third-order valence-corrected chi connectivity index (χ3v) is 2.97. The summed E-state index contributed by atoms with van der Waals surface area (Å²) in [4.78, 5) is 4.18.